The van der Waals surface area contributed by atoms with E-state index in [-0.39, 0.29) is 30.5 Å². The highest BCUT2D eigenvalue weighted by molar-refractivity contribution is 5.87. The van der Waals surface area contributed by atoms with Gasteiger partial charge in [0.15, 0.2) is 0 Å². The van der Waals surface area contributed by atoms with E-state index in [0.717, 1.165) is 22.3 Å². The van der Waals surface area contributed by atoms with Gasteiger partial charge in [0.25, 0.3) is 0 Å². The quantitative estimate of drug-likeness (QED) is 0.433. The summed E-state index contributed by atoms with van der Waals surface area (Å²) >= 11 is 0. The van der Waals surface area contributed by atoms with Crippen LogP contribution in [-0.4, -0.2) is 45.7 Å². The Morgan fingerprint density at radius 2 is 1.60 bits per heavy atom. The highest BCUT2D eigenvalue weighted by atomic mass is 16.5. The van der Waals surface area contributed by atoms with E-state index in [4.69, 9.17) is 9.84 Å². The molecular weight excluding hydrogens is 448 g/mol. The summed E-state index contributed by atoms with van der Waals surface area (Å²) < 4.78 is 5.55. The molecule has 1 atom stereocenters. The van der Waals surface area contributed by atoms with Gasteiger partial charge in [0.05, 0.1) is 12.1 Å². The maximum atomic E-state index is 12.7. The molecule has 0 saturated heterocycles. The number of aromatic nitrogens is 2. The van der Waals surface area contributed by atoms with Crippen LogP contribution in [-0.2, 0) is 16.1 Å². The molecule has 1 aromatic heterocycles. The molecule has 9 heteroatoms. The molecule has 1 heterocycles. The van der Waals surface area contributed by atoms with Gasteiger partial charge in [0.2, 0.25) is 5.91 Å². The lowest BCUT2D eigenvalue weighted by Gasteiger charge is -2.19. The number of alkyl carbamates (subject to hydrolysis) is 1. The molecule has 0 fully saturated rings. The van der Waals surface area contributed by atoms with Gasteiger partial charge >= 0.3 is 12.1 Å². The Bertz CT molecular complexity index is 1180. The first-order valence-corrected chi connectivity index (χ1v) is 11.4. The van der Waals surface area contributed by atoms with Crippen LogP contribution in [0.2, 0.25) is 0 Å². The Morgan fingerprint density at radius 1 is 1.00 bits per heavy atom. The number of fused-ring (bicyclic) bond motifs is 3. The number of aromatic carboxylic acids is 1. The molecule has 4 rings (SSSR count). The second-order valence-electron chi connectivity index (χ2n) is 8.22. The summed E-state index contributed by atoms with van der Waals surface area (Å²) in [6.45, 7) is 2.07. The third-order valence-corrected chi connectivity index (χ3v) is 5.90. The van der Waals surface area contributed by atoms with E-state index in [2.05, 4.69) is 32.7 Å². The van der Waals surface area contributed by atoms with Gasteiger partial charge in [-0.05, 0) is 28.7 Å². The maximum absolute atomic E-state index is 12.7. The van der Waals surface area contributed by atoms with Crippen molar-refractivity contribution < 1.29 is 24.2 Å². The normalized spacial score (nSPS) is 12.8. The Morgan fingerprint density at radius 3 is 2.17 bits per heavy atom. The molecule has 1 aliphatic rings. The lowest BCUT2D eigenvalue weighted by Crippen LogP contribution is -2.47. The van der Waals surface area contributed by atoms with E-state index in [0.29, 0.717) is 12.8 Å². The molecular formula is C26H26N4O5. The Hall–Kier alpha value is -4.27. The van der Waals surface area contributed by atoms with Gasteiger partial charge in [-0.2, -0.15) is 0 Å². The van der Waals surface area contributed by atoms with Crippen molar-refractivity contribution in [3.63, 3.8) is 0 Å². The molecule has 180 valence electrons. The molecule has 2 amide bonds. The second kappa shape index (κ2) is 10.8. The van der Waals surface area contributed by atoms with E-state index >= 15 is 0 Å². The third kappa shape index (κ3) is 5.46. The molecule has 0 unspecified atom stereocenters. The fourth-order valence-electron chi connectivity index (χ4n) is 4.19. The largest absolute Gasteiger partial charge is 0.478 e. The summed E-state index contributed by atoms with van der Waals surface area (Å²) in [6, 6.07) is 15.4. The fourth-order valence-corrected chi connectivity index (χ4v) is 4.19. The number of carbonyl (C=O) groups is 3. The van der Waals surface area contributed by atoms with E-state index in [1.807, 2.05) is 43.3 Å². The van der Waals surface area contributed by atoms with Crippen molar-refractivity contribution in [2.75, 3.05) is 6.61 Å². The van der Waals surface area contributed by atoms with Gasteiger partial charge in [-0.25, -0.2) is 19.6 Å². The Balaban J connectivity index is 1.34. The van der Waals surface area contributed by atoms with Crippen molar-refractivity contribution in [2.24, 2.45) is 0 Å². The van der Waals surface area contributed by atoms with E-state index < -0.39 is 24.0 Å². The molecule has 3 aromatic rings. The fraction of sp³-hybridized carbons (Fsp3) is 0.269. The number of amides is 2. The predicted molar refractivity (Wildman–Crippen MR) is 128 cm³/mol. The summed E-state index contributed by atoms with van der Waals surface area (Å²) in [6.07, 6.45) is 2.79. The molecule has 0 spiro atoms. The highest BCUT2D eigenvalue weighted by Gasteiger charge is 2.29. The zero-order valence-corrected chi connectivity index (χ0v) is 19.2. The third-order valence-electron chi connectivity index (χ3n) is 5.90. The van der Waals surface area contributed by atoms with Gasteiger partial charge in [-0.1, -0.05) is 61.9 Å². The smallest absolute Gasteiger partial charge is 0.407 e. The van der Waals surface area contributed by atoms with Crippen molar-refractivity contribution in [3.05, 3.63) is 83.4 Å². The van der Waals surface area contributed by atoms with Crippen LogP contribution >= 0.6 is 0 Å². The van der Waals surface area contributed by atoms with Gasteiger partial charge in [-0.3, -0.25) is 4.79 Å². The minimum absolute atomic E-state index is 0.00527. The number of hydrogen-bond acceptors (Lipinski definition) is 6. The number of carboxylic acid groups (broad SMARTS) is 1. The zero-order valence-electron chi connectivity index (χ0n) is 19.2. The summed E-state index contributed by atoms with van der Waals surface area (Å²) in [5.41, 5.74) is 4.45. The van der Waals surface area contributed by atoms with Crippen LogP contribution in [0.25, 0.3) is 11.1 Å². The number of nitrogens with one attached hydrogen (secondary N) is 2. The minimum Gasteiger partial charge on any atom is -0.478 e. The average molecular weight is 475 g/mol. The molecule has 0 saturated carbocycles. The first kappa shape index (κ1) is 23.9. The van der Waals surface area contributed by atoms with Crippen molar-refractivity contribution >= 4 is 18.0 Å². The molecule has 0 bridgehead atoms. The molecule has 35 heavy (non-hydrogen) atoms. The van der Waals surface area contributed by atoms with Gasteiger partial charge in [0.1, 0.15) is 18.5 Å². The molecule has 1 aliphatic carbocycles. The van der Waals surface area contributed by atoms with Crippen LogP contribution in [0.4, 0.5) is 4.79 Å². The number of carbonyl (C=O) groups excluding carboxylic acids is 2. The molecule has 2 aromatic carbocycles. The van der Waals surface area contributed by atoms with Crippen LogP contribution in [0.15, 0.2) is 60.9 Å². The van der Waals surface area contributed by atoms with Gasteiger partial charge < -0.3 is 20.5 Å². The van der Waals surface area contributed by atoms with Crippen molar-refractivity contribution in [2.45, 2.75) is 38.3 Å². The summed E-state index contributed by atoms with van der Waals surface area (Å²) in [4.78, 5) is 44.0. The number of rotatable bonds is 9. The minimum atomic E-state index is -1.13. The number of benzene rings is 2. The van der Waals surface area contributed by atoms with Crippen molar-refractivity contribution in [1.82, 2.24) is 20.6 Å². The number of carboxylic acids is 1. The van der Waals surface area contributed by atoms with Crippen LogP contribution in [0.5, 0.6) is 0 Å². The Labute approximate surface area is 202 Å². The predicted octanol–water partition coefficient (Wildman–Crippen LogP) is 3.50. The summed E-state index contributed by atoms with van der Waals surface area (Å²) in [7, 11) is 0. The van der Waals surface area contributed by atoms with Gasteiger partial charge in [-0.15, -0.1) is 0 Å². The lowest BCUT2D eigenvalue weighted by molar-refractivity contribution is -0.123. The summed E-state index contributed by atoms with van der Waals surface area (Å²) in [5, 5.41) is 14.3. The summed E-state index contributed by atoms with van der Waals surface area (Å²) in [5.74, 6) is -1.33. The van der Waals surface area contributed by atoms with Crippen LogP contribution < -0.4 is 10.6 Å². The topological polar surface area (TPSA) is 131 Å². The molecule has 3 N–H and O–H groups in total. The first-order chi connectivity index (χ1) is 17.0. The van der Waals surface area contributed by atoms with Gasteiger partial charge in [0, 0.05) is 18.3 Å². The van der Waals surface area contributed by atoms with Crippen LogP contribution in [0.3, 0.4) is 0 Å². The highest BCUT2D eigenvalue weighted by Crippen LogP contribution is 2.44. The number of nitrogens with zero attached hydrogens (tertiary/aromatic N) is 2. The maximum Gasteiger partial charge on any atom is 0.407 e. The molecule has 0 radical (unpaired) electrons. The van der Waals surface area contributed by atoms with Crippen LogP contribution in [0, 0.1) is 0 Å². The van der Waals surface area contributed by atoms with Crippen molar-refractivity contribution in [1.29, 1.82) is 0 Å². The standard InChI is InChI=1S/C26H26N4O5/c1-2-7-22(24(31)29-14-23-27-12-16(13-28-23)25(32)33)30-26(34)35-15-21-19-10-5-3-8-17(19)18-9-4-6-11-20(18)21/h3-6,8-13,21-22H,2,7,14-15H2,1H3,(H,29,31)(H,30,34)(H,32,33)/t22-/m1/s1. The lowest BCUT2D eigenvalue weighted by atomic mass is 9.98. The first-order valence-electron chi connectivity index (χ1n) is 11.4. The Kier molecular flexibility index (Phi) is 7.35. The number of hydrogen-bond donors (Lipinski definition) is 3. The second-order valence-corrected chi connectivity index (χ2v) is 8.22. The zero-order chi connectivity index (χ0) is 24.8. The molecule has 9 nitrogen and oxygen atoms in total. The van der Waals surface area contributed by atoms with Crippen LogP contribution in [0.1, 0.15) is 53.0 Å². The van der Waals surface area contributed by atoms with Crippen molar-refractivity contribution in [3.8, 4) is 11.1 Å². The average Bonchev–Trinajstić information content (AvgIpc) is 3.19. The van der Waals surface area contributed by atoms with E-state index in [1.165, 1.54) is 12.4 Å². The van der Waals surface area contributed by atoms with E-state index in [9.17, 15) is 14.4 Å². The molecule has 0 aliphatic heterocycles. The number of ether oxygens (including phenoxy) is 1. The monoisotopic (exact) mass is 474 g/mol. The SMILES string of the molecule is CCC[C@@H](NC(=O)OCC1c2ccccc2-c2ccccc21)C(=O)NCc1ncc(C(=O)O)cn1. The van der Waals surface area contributed by atoms with E-state index in [1.54, 1.807) is 0 Å².